The molecular weight excluding hydrogens is 488 g/mol. The maximum atomic E-state index is 6.18. The van der Waals surface area contributed by atoms with Crippen LogP contribution < -0.4 is 14.8 Å². The van der Waals surface area contributed by atoms with E-state index in [0.717, 1.165) is 69.3 Å². The van der Waals surface area contributed by atoms with Gasteiger partial charge < -0.3 is 14.8 Å². The van der Waals surface area contributed by atoms with Crippen molar-refractivity contribution in [1.29, 1.82) is 0 Å². The van der Waals surface area contributed by atoms with Crippen LogP contribution in [0.4, 0.5) is 11.4 Å². The fraction of sp³-hybridized carbons (Fsp3) is 0.194. The minimum absolute atomic E-state index is 0.227. The average molecular weight is 517 g/mol. The summed E-state index contributed by atoms with van der Waals surface area (Å²) in [5, 5.41) is 3.45. The SMILES string of the molecule is CC1=C=CN=C2C=C(Oc3ccc(NC4=NC=Nc5ccc(OC6=CC=NC(C)C6)cc5C4)cc3C)C=CN12. The number of dihydropyridines is 1. The Labute approximate surface area is 227 Å². The van der Waals surface area contributed by atoms with Crippen LogP contribution in [0.1, 0.15) is 31.4 Å². The third-order valence-electron chi connectivity index (χ3n) is 6.59. The van der Waals surface area contributed by atoms with Gasteiger partial charge in [-0.3, -0.25) is 9.89 Å². The van der Waals surface area contributed by atoms with Crippen molar-refractivity contribution in [3.05, 3.63) is 101 Å². The van der Waals surface area contributed by atoms with Crippen LogP contribution in [-0.2, 0) is 6.42 Å². The number of hydrogen-bond acceptors (Lipinski definition) is 8. The Morgan fingerprint density at radius 2 is 2.00 bits per heavy atom. The predicted molar refractivity (Wildman–Crippen MR) is 156 cm³/mol. The molecule has 1 unspecified atom stereocenters. The number of ether oxygens (including phenoxy) is 2. The summed E-state index contributed by atoms with van der Waals surface area (Å²) in [6.45, 7) is 6.09. The summed E-state index contributed by atoms with van der Waals surface area (Å²) in [5.74, 6) is 4.79. The Hall–Kier alpha value is -4.94. The standard InChI is InChI=1S/C31H28N6O2/c1-20-14-24(4-7-29(20)39-27-10-13-37-22(3)8-11-33-31(37)18-27)36-30-17-23-16-25(5-6-28(23)34-19-35-30)38-26-9-12-32-21(2)15-26/h4-7,9-14,16,18-19,21H,15,17H2,1-3H3,(H,34,35,36). The number of rotatable bonds is 5. The van der Waals surface area contributed by atoms with Crippen molar-refractivity contribution in [1.82, 2.24) is 4.90 Å². The van der Waals surface area contributed by atoms with Gasteiger partial charge >= 0.3 is 0 Å². The molecule has 2 aromatic carbocycles. The number of amidine groups is 2. The second-order valence-corrected chi connectivity index (χ2v) is 9.66. The Morgan fingerprint density at radius 1 is 1.08 bits per heavy atom. The van der Waals surface area contributed by atoms with Gasteiger partial charge in [-0.05, 0) is 80.4 Å². The lowest BCUT2D eigenvalue weighted by Gasteiger charge is -2.25. The average Bonchev–Trinajstić information content (AvgIpc) is 3.11. The van der Waals surface area contributed by atoms with E-state index in [1.165, 1.54) is 0 Å². The predicted octanol–water partition coefficient (Wildman–Crippen LogP) is 6.37. The van der Waals surface area contributed by atoms with E-state index in [2.05, 4.69) is 37.9 Å². The van der Waals surface area contributed by atoms with Crippen molar-refractivity contribution in [2.24, 2.45) is 20.0 Å². The summed E-state index contributed by atoms with van der Waals surface area (Å²) in [5.41, 5.74) is 7.92. The maximum absolute atomic E-state index is 6.18. The van der Waals surface area contributed by atoms with E-state index >= 15 is 0 Å². The summed E-state index contributed by atoms with van der Waals surface area (Å²) >= 11 is 0. The molecule has 8 nitrogen and oxygen atoms in total. The molecule has 0 fully saturated rings. The first-order valence-electron chi connectivity index (χ1n) is 12.9. The fourth-order valence-electron chi connectivity index (χ4n) is 4.58. The third-order valence-corrected chi connectivity index (χ3v) is 6.59. The molecule has 4 aliphatic heterocycles. The minimum atomic E-state index is 0.227. The number of allylic oxidation sites excluding steroid dienone is 3. The van der Waals surface area contributed by atoms with Crippen molar-refractivity contribution in [3.63, 3.8) is 0 Å². The molecular formula is C31H28N6O2. The zero-order valence-electron chi connectivity index (χ0n) is 22.0. The van der Waals surface area contributed by atoms with Crippen LogP contribution in [0.3, 0.4) is 0 Å². The van der Waals surface area contributed by atoms with Gasteiger partial charge in [0.15, 0.2) is 0 Å². The van der Waals surface area contributed by atoms with Crippen LogP contribution in [0.5, 0.6) is 11.5 Å². The molecule has 0 aliphatic carbocycles. The van der Waals surface area contributed by atoms with Crippen molar-refractivity contribution in [3.8, 4) is 11.5 Å². The third kappa shape index (κ3) is 5.51. The van der Waals surface area contributed by atoms with Gasteiger partial charge in [-0.15, -0.1) is 0 Å². The van der Waals surface area contributed by atoms with Gasteiger partial charge in [0.05, 0.1) is 23.6 Å². The maximum Gasteiger partial charge on any atom is 0.141 e. The Balaban J connectivity index is 1.13. The highest BCUT2D eigenvalue weighted by Crippen LogP contribution is 2.30. The molecule has 4 heterocycles. The largest absolute Gasteiger partial charge is 0.462 e. The number of benzene rings is 2. The number of fused-ring (bicyclic) bond motifs is 2. The molecule has 0 radical (unpaired) electrons. The molecule has 0 saturated carbocycles. The molecule has 1 atom stereocenters. The lowest BCUT2D eigenvalue weighted by Crippen LogP contribution is -2.26. The van der Waals surface area contributed by atoms with Gasteiger partial charge in [0, 0.05) is 37.0 Å². The first-order chi connectivity index (χ1) is 19.0. The van der Waals surface area contributed by atoms with Gasteiger partial charge in [0.1, 0.15) is 41.0 Å². The fourth-order valence-corrected chi connectivity index (χ4v) is 4.58. The molecule has 4 aliphatic rings. The van der Waals surface area contributed by atoms with Crippen molar-refractivity contribution < 1.29 is 9.47 Å². The topological polar surface area (TPSA) is 83.2 Å². The van der Waals surface area contributed by atoms with E-state index in [1.54, 1.807) is 12.5 Å². The summed E-state index contributed by atoms with van der Waals surface area (Å²) in [7, 11) is 0. The van der Waals surface area contributed by atoms with E-state index < -0.39 is 0 Å². The molecule has 0 spiro atoms. The van der Waals surface area contributed by atoms with E-state index in [9.17, 15) is 0 Å². The number of nitrogens with zero attached hydrogens (tertiary/aromatic N) is 5. The summed E-state index contributed by atoms with van der Waals surface area (Å²) in [6.07, 6.45) is 14.2. The second-order valence-electron chi connectivity index (χ2n) is 9.66. The zero-order valence-corrected chi connectivity index (χ0v) is 22.0. The zero-order chi connectivity index (χ0) is 26.8. The first kappa shape index (κ1) is 24.4. The van der Waals surface area contributed by atoms with Crippen molar-refractivity contribution in [2.75, 3.05) is 5.32 Å². The normalized spacial score (nSPS) is 19.1. The van der Waals surface area contributed by atoms with Crippen LogP contribution in [-0.4, -0.2) is 35.2 Å². The lowest BCUT2D eigenvalue weighted by molar-refractivity contribution is 0.391. The van der Waals surface area contributed by atoms with Crippen molar-refractivity contribution in [2.45, 2.75) is 39.7 Å². The van der Waals surface area contributed by atoms with Crippen molar-refractivity contribution >= 4 is 35.6 Å². The summed E-state index contributed by atoms with van der Waals surface area (Å²) in [6, 6.07) is 12.2. The molecule has 6 rings (SSSR count). The Kier molecular flexibility index (Phi) is 6.53. The molecule has 1 N–H and O–H groups in total. The van der Waals surface area contributed by atoms with E-state index in [-0.39, 0.29) is 6.04 Å². The van der Waals surface area contributed by atoms with Crippen LogP contribution in [0.15, 0.2) is 110 Å². The van der Waals surface area contributed by atoms with Crippen LogP contribution in [0, 0.1) is 6.92 Å². The molecule has 194 valence electrons. The highest BCUT2D eigenvalue weighted by Gasteiger charge is 2.17. The molecule has 8 heteroatoms. The Morgan fingerprint density at radius 3 is 2.87 bits per heavy atom. The van der Waals surface area contributed by atoms with E-state index in [0.29, 0.717) is 6.42 Å². The number of hydrogen-bond donors (Lipinski definition) is 1. The number of anilines is 1. The molecule has 2 aromatic rings. The molecule has 0 saturated heterocycles. The van der Waals surface area contributed by atoms with E-state index in [1.807, 2.05) is 85.8 Å². The summed E-state index contributed by atoms with van der Waals surface area (Å²) in [4.78, 5) is 19.8. The van der Waals surface area contributed by atoms with Gasteiger partial charge in [-0.25, -0.2) is 15.0 Å². The highest BCUT2D eigenvalue weighted by molar-refractivity contribution is 6.02. The van der Waals surface area contributed by atoms with Gasteiger partial charge in [-0.1, -0.05) is 5.73 Å². The minimum Gasteiger partial charge on any atom is -0.462 e. The molecule has 39 heavy (non-hydrogen) atoms. The van der Waals surface area contributed by atoms with Crippen LogP contribution >= 0.6 is 0 Å². The Bertz CT molecular complexity index is 1620. The van der Waals surface area contributed by atoms with Crippen LogP contribution in [0.25, 0.3) is 0 Å². The van der Waals surface area contributed by atoms with Gasteiger partial charge in [0.25, 0.3) is 0 Å². The highest BCUT2D eigenvalue weighted by atomic mass is 16.5. The molecule has 0 bridgehead atoms. The van der Waals surface area contributed by atoms with Gasteiger partial charge in [-0.2, -0.15) is 0 Å². The number of nitrogens with one attached hydrogen (secondary N) is 1. The number of aryl methyl sites for hydroxylation is 1. The lowest BCUT2D eigenvalue weighted by atomic mass is 10.1. The summed E-state index contributed by atoms with van der Waals surface area (Å²) < 4.78 is 12.3. The quantitative estimate of drug-likeness (QED) is 0.468. The smallest absolute Gasteiger partial charge is 0.141 e. The molecule has 0 aromatic heterocycles. The first-order valence-corrected chi connectivity index (χ1v) is 12.9. The van der Waals surface area contributed by atoms with Gasteiger partial charge in [0.2, 0.25) is 0 Å². The second kappa shape index (κ2) is 10.4. The molecule has 0 amide bonds. The number of aliphatic imine (C=N–C) groups is 4. The van der Waals surface area contributed by atoms with Crippen LogP contribution in [0.2, 0.25) is 0 Å². The van der Waals surface area contributed by atoms with E-state index in [4.69, 9.17) is 9.47 Å². The monoisotopic (exact) mass is 516 g/mol.